The molecule has 0 spiro atoms. The van der Waals surface area contributed by atoms with Crippen LogP contribution in [0.5, 0.6) is 0 Å². The molecule has 25 heavy (non-hydrogen) atoms. The molecule has 1 rings (SSSR count). The van der Waals surface area contributed by atoms with E-state index in [1.807, 2.05) is 0 Å². The summed E-state index contributed by atoms with van der Waals surface area (Å²) < 4.78 is 122. The molecule has 1 aromatic carbocycles. The van der Waals surface area contributed by atoms with Crippen molar-refractivity contribution in [3.63, 3.8) is 0 Å². The van der Waals surface area contributed by atoms with Gasteiger partial charge in [-0.2, -0.15) is 39.5 Å². The van der Waals surface area contributed by atoms with Crippen molar-refractivity contribution in [3.8, 4) is 0 Å². The van der Waals surface area contributed by atoms with Gasteiger partial charge in [-0.25, -0.2) is 0 Å². The van der Waals surface area contributed by atoms with Gasteiger partial charge in [0, 0.05) is 7.11 Å². The van der Waals surface area contributed by atoms with Gasteiger partial charge in [0.1, 0.15) is 0 Å². The Kier molecular flexibility index (Phi) is 5.50. The van der Waals surface area contributed by atoms with Gasteiger partial charge in [0.05, 0.1) is 12.0 Å². The van der Waals surface area contributed by atoms with Crippen molar-refractivity contribution in [2.45, 2.75) is 49.8 Å². The molecular formula is C15H15F9O. The number of benzene rings is 1. The van der Waals surface area contributed by atoms with Crippen LogP contribution in [-0.2, 0) is 10.3 Å². The Morgan fingerprint density at radius 2 is 1.24 bits per heavy atom. The zero-order chi connectivity index (χ0) is 19.9. The maximum Gasteiger partial charge on any atom is 0.460 e. The summed E-state index contributed by atoms with van der Waals surface area (Å²) in [6.07, 6.45) is -8.93. The molecule has 0 N–H and O–H groups in total. The Morgan fingerprint density at radius 3 is 1.60 bits per heavy atom. The minimum absolute atomic E-state index is 0.0774. The summed E-state index contributed by atoms with van der Waals surface area (Å²) in [5.41, 5.74) is -1.61. The number of rotatable bonds is 6. The van der Waals surface area contributed by atoms with E-state index in [1.165, 1.54) is 24.3 Å². The van der Waals surface area contributed by atoms with Crippen molar-refractivity contribution < 1.29 is 44.3 Å². The Balaban J connectivity index is 3.30. The van der Waals surface area contributed by atoms with E-state index >= 15 is 0 Å². The predicted octanol–water partition coefficient (Wildman–Crippen LogP) is 5.71. The first-order chi connectivity index (χ1) is 11.0. The second-order valence-corrected chi connectivity index (χ2v) is 5.83. The first-order valence-electron chi connectivity index (χ1n) is 6.84. The number of ether oxygens (including phenoxy) is 1. The van der Waals surface area contributed by atoms with E-state index in [0.29, 0.717) is 5.56 Å². The van der Waals surface area contributed by atoms with E-state index in [1.54, 1.807) is 6.92 Å². The average Bonchev–Trinajstić information content (AvgIpc) is 2.45. The molecule has 0 aromatic heterocycles. The molecule has 0 heterocycles. The van der Waals surface area contributed by atoms with Gasteiger partial charge in [-0.05, 0) is 19.4 Å². The number of hydrogen-bond acceptors (Lipinski definition) is 1. The van der Waals surface area contributed by atoms with Crippen LogP contribution in [0, 0.1) is 6.92 Å². The van der Waals surface area contributed by atoms with Crippen LogP contribution >= 0.6 is 0 Å². The van der Waals surface area contributed by atoms with Gasteiger partial charge in [0.25, 0.3) is 0 Å². The largest absolute Gasteiger partial charge is 0.460 e. The molecular weight excluding hydrogens is 367 g/mol. The fraction of sp³-hybridized carbons (Fsp3) is 0.600. The highest BCUT2D eigenvalue weighted by Crippen LogP contribution is 2.56. The minimum atomic E-state index is -6.91. The molecule has 0 amide bonds. The summed E-state index contributed by atoms with van der Waals surface area (Å²) in [4.78, 5) is 0. The molecule has 144 valence electrons. The van der Waals surface area contributed by atoms with Gasteiger partial charge >= 0.3 is 23.9 Å². The molecule has 1 unspecified atom stereocenters. The van der Waals surface area contributed by atoms with Crippen LogP contribution in [0.4, 0.5) is 39.5 Å². The highest BCUT2D eigenvalue weighted by atomic mass is 19.4. The van der Waals surface area contributed by atoms with E-state index in [4.69, 9.17) is 4.74 Å². The maximum atomic E-state index is 13.9. The third-order valence-electron chi connectivity index (χ3n) is 3.88. The van der Waals surface area contributed by atoms with Crippen molar-refractivity contribution in [3.05, 3.63) is 35.4 Å². The number of aryl methyl sites for hydroxylation is 1. The monoisotopic (exact) mass is 382 g/mol. The molecule has 0 fully saturated rings. The summed E-state index contributed by atoms with van der Waals surface area (Å²) in [5, 5.41) is 0. The van der Waals surface area contributed by atoms with Crippen molar-refractivity contribution >= 4 is 0 Å². The van der Waals surface area contributed by atoms with Crippen LogP contribution in [0.3, 0.4) is 0 Å². The second kappa shape index (κ2) is 6.37. The minimum Gasteiger partial charge on any atom is -0.374 e. The average molecular weight is 382 g/mol. The zero-order valence-electron chi connectivity index (χ0n) is 13.3. The summed E-state index contributed by atoms with van der Waals surface area (Å²) in [5.74, 6) is -19.3. The molecule has 0 radical (unpaired) electrons. The molecule has 0 aliphatic heterocycles. The van der Waals surface area contributed by atoms with E-state index in [-0.39, 0.29) is 5.56 Å². The van der Waals surface area contributed by atoms with Crippen LogP contribution in [0.25, 0.3) is 0 Å². The van der Waals surface area contributed by atoms with E-state index in [2.05, 4.69) is 0 Å². The highest BCUT2D eigenvalue weighted by Gasteiger charge is 2.82. The molecule has 0 bridgehead atoms. The van der Waals surface area contributed by atoms with Gasteiger partial charge in [0.2, 0.25) is 0 Å². The Labute approximate surface area is 137 Å². The Hall–Kier alpha value is -1.45. The van der Waals surface area contributed by atoms with Gasteiger partial charge in [-0.15, -0.1) is 0 Å². The molecule has 0 aliphatic rings. The first-order valence-corrected chi connectivity index (χ1v) is 6.84. The van der Waals surface area contributed by atoms with E-state index < -0.39 is 36.0 Å². The molecule has 10 heteroatoms. The number of methoxy groups -OCH3 is 1. The lowest BCUT2D eigenvalue weighted by molar-refractivity contribution is -0.400. The first kappa shape index (κ1) is 21.6. The van der Waals surface area contributed by atoms with Crippen LogP contribution in [0.2, 0.25) is 0 Å². The van der Waals surface area contributed by atoms with Crippen LogP contribution < -0.4 is 0 Å². The number of hydrogen-bond donors (Lipinski definition) is 0. The summed E-state index contributed by atoms with van der Waals surface area (Å²) in [7, 11) is 0.857. The summed E-state index contributed by atoms with van der Waals surface area (Å²) in [6.45, 7) is 2.54. The molecule has 0 saturated carbocycles. The topological polar surface area (TPSA) is 9.23 Å². The lowest BCUT2D eigenvalue weighted by atomic mass is 9.85. The third-order valence-corrected chi connectivity index (χ3v) is 3.88. The lowest BCUT2D eigenvalue weighted by Gasteiger charge is -2.38. The molecule has 0 aliphatic carbocycles. The zero-order valence-corrected chi connectivity index (χ0v) is 13.3. The van der Waals surface area contributed by atoms with Gasteiger partial charge in [-0.3, -0.25) is 0 Å². The molecule has 1 nitrogen and oxygen atoms in total. The van der Waals surface area contributed by atoms with Crippen molar-refractivity contribution in [2.75, 3.05) is 7.11 Å². The lowest BCUT2D eigenvalue weighted by Crippen LogP contribution is -2.62. The fourth-order valence-electron chi connectivity index (χ4n) is 2.14. The molecule has 1 atom stereocenters. The Bertz CT molecular complexity index is 592. The maximum absolute atomic E-state index is 13.9. The second-order valence-electron chi connectivity index (χ2n) is 5.83. The van der Waals surface area contributed by atoms with Crippen LogP contribution in [0.15, 0.2) is 24.3 Å². The summed E-state index contributed by atoms with van der Waals surface area (Å²) >= 11 is 0. The third kappa shape index (κ3) is 3.73. The van der Waals surface area contributed by atoms with Crippen molar-refractivity contribution in [2.24, 2.45) is 0 Å². The van der Waals surface area contributed by atoms with Crippen molar-refractivity contribution in [1.29, 1.82) is 0 Å². The summed E-state index contributed by atoms with van der Waals surface area (Å²) in [6, 6.07) is 5.31. The molecule has 1 aromatic rings. The predicted molar refractivity (Wildman–Crippen MR) is 71.1 cm³/mol. The van der Waals surface area contributed by atoms with Gasteiger partial charge < -0.3 is 4.74 Å². The van der Waals surface area contributed by atoms with Gasteiger partial charge in [0.15, 0.2) is 0 Å². The number of halogens is 9. The Morgan fingerprint density at radius 1 is 0.800 bits per heavy atom. The van der Waals surface area contributed by atoms with Gasteiger partial charge in [-0.1, -0.05) is 29.8 Å². The van der Waals surface area contributed by atoms with Crippen LogP contribution in [-0.4, -0.2) is 31.1 Å². The normalized spacial score (nSPS) is 16.6. The standard InChI is InChI=1S/C15H15F9O/c1-9-4-6-10(7-5-9)11(2,25-3)8-12(16,17)13(18,19)14(20,21)15(22,23)24/h4-7H,8H2,1-3H3. The quantitative estimate of drug-likeness (QED) is 0.573. The van der Waals surface area contributed by atoms with Crippen LogP contribution in [0.1, 0.15) is 24.5 Å². The van der Waals surface area contributed by atoms with Crippen molar-refractivity contribution in [1.82, 2.24) is 0 Å². The smallest absolute Gasteiger partial charge is 0.374 e. The number of alkyl halides is 9. The molecule has 0 saturated heterocycles. The fourth-order valence-corrected chi connectivity index (χ4v) is 2.14. The van der Waals surface area contributed by atoms with E-state index in [9.17, 15) is 39.5 Å². The highest BCUT2D eigenvalue weighted by molar-refractivity contribution is 5.27. The van der Waals surface area contributed by atoms with E-state index in [0.717, 1.165) is 14.0 Å². The SMILES string of the molecule is COC(C)(CC(F)(F)C(F)(F)C(F)(F)C(F)(F)F)c1ccc(C)cc1.